The van der Waals surface area contributed by atoms with E-state index < -0.39 is 10.0 Å². The van der Waals surface area contributed by atoms with E-state index in [1.807, 2.05) is 29.6 Å². The minimum atomic E-state index is -3.20. The van der Waals surface area contributed by atoms with Crippen molar-refractivity contribution in [2.45, 2.75) is 32.7 Å². The van der Waals surface area contributed by atoms with Gasteiger partial charge in [0.25, 0.3) is 0 Å². The summed E-state index contributed by atoms with van der Waals surface area (Å²) in [6, 6.07) is 8.05. The first kappa shape index (κ1) is 17.9. The van der Waals surface area contributed by atoms with Crippen LogP contribution in [0.1, 0.15) is 31.7 Å². The van der Waals surface area contributed by atoms with Crippen LogP contribution in [0, 0.1) is 0 Å². The molecule has 0 bridgehead atoms. The first-order valence-corrected chi connectivity index (χ1v) is 9.28. The topological polar surface area (TPSA) is 74.1 Å². The molecule has 0 aliphatic rings. The predicted octanol–water partition coefficient (Wildman–Crippen LogP) is 1.65. The summed E-state index contributed by atoms with van der Waals surface area (Å²) in [7, 11) is -3.20. The van der Waals surface area contributed by atoms with Gasteiger partial charge in [-0.15, -0.1) is 0 Å². The molecule has 0 spiro atoms. The zero-order valence-electron chi connectivity index (χ0n) is 12.9. The van der Waals surface area contributed by atoms with Gasteiger partial charge in [-0.25, -0.2) is 8.42 Å². The lowest BCUT2D eigenvalue weighted by Crippen LogP contribution is -2.83. The number of hydrogen-bond acceptors (Lipinski definition) is 3. The fourth-order valence-electron chi connectivity index (χ4n) is 1.84. The third-order valence-electron chi connectivity index (χ3n) is 2.98. The third-order valence-corrected chi connectivity index (χ3v) is 3.63. The number of sulfonamides is 1. The molecule has 0 fully saturated rings. The van der Waals surface area contributed by atoms with Gasteiger partial charge in [-0.05, 0) is 30.7 Å². The molecule has 1 rings (SSSR count). The Bertz CT molecular complexity index is 486. The van der Waals surface area contributed by atoms with Gasteiger partial charge in [-0.2, -0.15) is 0 Å². The maximum Gasteiger partial charge on any atom is 0.119 e. The lowest BCUT2D eigenvalue weighted by Gasteiger charge is -2.14. The highest BCUT2D eigenvalue weighted by molar-refractivity contribution is 7.93. The summed E-state index contributed by atoms with van der Waals surface area (Å²) in [6.45, 7) is 4.76. The molecule has 1 aromatic rings. The Hall–Kier alpha value is -1.11. The maximum absolute atomic E-state index is 10.8. The van der Waals surface area contributed by atoms with Crippen molar-refractivity contribution in [2.24, 2.45) is 0 Å². The van der Waals surface area contributed by atoms with Crippen molar-refractivity contribution >= 4 is 10.0 Å². The largest absolute Gasteiger partial charge is 0.545 e. The number of rotatable bonds is 11. The van der Waals surface area contributed by atoms with Crippen LogP contribution in [0.5, 0.6) is 5.75 Å². The zero-order chi connectivity index (χ0) is 15.6. The second kappa shape index (κ2) is 9.76. The van der Waals surface area contributed by atoms with Crippen molar-refractivity contribution in [3.05, 3.63) is 34.6 Å². The Morgan fingerprint density at radius 1 is 1.19 bits per heavy atom. The summed E-state index contributed by atoms with van der Waals surface area (Å²) in [5, 5.41) is 2.05. The minimum Gasteiger partial charge on any atom is -0.545 e. The third kappa shape index (κ3) is 9.44. The van der Waals surface area contributed by atoms with E-state index >= 15 is 0 Å². The first-order chi connectivity index (χ1) is 10.0. The van der Waals surface area contributed by atoms with Gasteiger partial charge in [0, 0.05) is 11.8 Å². The summed E-state index contributed by atoms with van der Waals surface area (Å²) in [5.74, 6) is 0.905. The first-order valence-electron chi connectivity index (χ1n) is 7.43. The minimum absolute atomic E-state index is 0.331. The molecular weight excluding hydrogens is 288 g/mol. The Morgan fingerprint density at radius 2 is 1.90 bits per heavy atom. The van der Waals surface area contributed by atoms with Crippen LogP contribution in [-0.2, 0) is 16.6 Å². The van der Waals surface area contributed by atoms with Gasteiger partial charge >= 0.3 is 0 Å². The van der Waals surface area contributed by atoms with Crippen molar-refractivity contribution in [3.8, 4) is 5.75 Å². The Balaban J connectivity index is 2.19. The number of nitrogens with two attached hydrogens (primary N) is 1. The summed E-state index contributed by atoms with van der Waals surface area (Å²) < 4.78 is 30.9. The molecule has 0 aliphatic heterocycles. The summed E-state index contributed by atoms with van der Waals surface area (Å²) in [4.78, 5) is 0. The van der Waals surface area contributed by atoms with Gasteiger partial charge in [-0.1, -0.05) is 26.3 Å². The van der Waals surface area contributed by atoms with E-state index in [2.05, 4.69) is 11.6 Å². The number of nitrogens with zero attached hydrogens (tertiary/aromatic N) is 1. The highest BCUT2D eigenvalue weighted by atomic mass is 32.2. The molecule has 5 nitrogen and oxygen atoms in total. The highest BCUT2D eigenvalue weighted by Crippen LogP contribution is 2.12. The van der Waals surface area contributed by atoms with E-state index in [9.17, 15) is 8.42 Å². The summed E-state index contributed by atoms with van der Waals surface area (Å²) in [6.07, 6.45) is 4.61. The SMILES string of the molecule is CCCCCOc1ccc(C[NH2+]CC[N-]S(C)(=O)=O)cc1. The molecule has 0 heterocycles. The van der Waals surface area contributed by atoms with E-state index in [1.165, 1.54) is 18.4 Å². The molecule has 2 N–H and O–H groups in total. The van der Waals surface area contributed by atoms with E-state index in [-0.39, 0.29) is 0 Å². The quantitative estimate of drug-likeness (QED) is 0.631. The monoisotopic (exact) mass is 314 g/mol. The van der Waals surface area contributed by atoms with Crippen LogP contribution in [0.25, 0.3) is 4.72 Å². The Labute approximate surface area is 128 Å². The van der Waals surface area contributed by atoms with Crippen LogP contribution in [0.4, 0.5) is 0 Å². The van der Waals surface area contributed by atoms with Crippen LogP contribution in [0.3, 0.4) is 0 Å². The Morgan fingerprint density at radius 3 is 2.52 bits per heavy atom. The molecule has 0 amide bonds. The van der Waals surface area contributed by atoms with Crippen molar-refractivity contribution in [1.29, 1.82) is 0 Å². The van der Waals surface area contributed by atoms with Gasteiger partial charge in [0.15, 0.2) is 0 Å². The molecule has 6 heteroatoms. The number of quaternary nitrogens is 1. The standard InChI is InChI=1S/C15H25N2O3S/c1-3-4-5-12-20-15-8-6-14(7-9-15)13-16-10-11-17-21(2,18)19/h6-9,16H,3-5,10-13H2,1-2H3/q-1/p+1. The van der Waals surface area contributed by atoms with E-state index in [0.717, 1.165) is 31.6 Å². The second-order valence-electron chi connectivity index (χ2n) is 5.07. The van der Waals surface area contributed by atoms with Crippen molar-refractivity contribution in [3.63, 3.8) is 0 Å². The van der Waals surface area contributed by atoms with E-state index in [4.69, 9.17) is 4.74 Å². The molecule has 0 saturated carbocycles. The van der Waals surface area contributed by atoms with Gasteiger partial charge in [0.1, 0.15) is 12.3 Å². The summed E-state index contributed by atoms with van der Waals surface area (Å²) >= 11 is 0. The Kier molecular flexibility index (Phi) is 8.34. The van der Waals surface area contributed by atoms with Gasteiger partial charge in [0.2, 0.25) is 0 Å². The predicted molar refractivity (Wildman–Crippen MR) is 85.0 cm³/mol. The number of ether oxygens (including phenoxy) is 1. The van der Waals surface area contributed by atoms with Crippen LogP contribution < -0.4 is 10.1 Å². The maximum atomic E-state index is 10.8. The van der Waals surface area contributed by atoms with Gasteiger partial charge in [0.05, 0.1) is 23.2 Å². The van der Waals surface area contributed by atoms with Crippen molar-refractivity contribution in [1.82, 2.24) is 0 Å². The lowest BCUT2D eigenvalue weighted by molar-refractivity contribution is -0.667. The van der Waals surface area contributed by atoms with E-state index in [1.54, 1.807) is 0 Å². The smallest absolute Gasteiger partial charge is 0.119 e. The molecule has 21 heavy (non-hydrogen) atoms. The molecule has 0 unspecified atom stereocenters. The van der Waals surface area contributed by atoms with Crippen LogP contribution in [-0.4, -0.2) is 34.4 Å². The average molecular weight is 314 g/mol. The van der Waals surface area contributed by atoms with Crippen LogP contribution in [0.2, 0.25) is 0 Å². The fourth-order valence-corrected chi connectivity index (χ4v) is 2.28. The normalized spacial score (nSPS) is 11.5. The molecule has 120 valence electrons. The van der Waals surface area contributed by atoms with Crippen LogP contribution in [0.15, 0.2) is 24.3 Å². The molecule has 0 aliphatic carbocycles. The second-order valence-corrected chi connectivity index (χ2v) is 6.79. The molecule has 0 aromatic heterocycles. The molecular formula is C15H26N2O3S. The van der Waals surface area contributed by atoms with Gasteiger partial charge in [-0.3, -0.25) is 0 Å². The lowest BCUT2D eigenvalue weighted by atomic mass is 10.2. The van der Waals surface area contributed by atoms with Crippen molar-refractivity contribution in [2.75, 3.05) is 26.0 Å². The number of unbranched alkanes of at least 4 members (excludes halogenated alkanes) is 2. The highest BCUT2D eigenvalue weighted by Gasteiger charge is 1.97. The van der Waals surface area contributed by atoms with E-state index in [0.29, 0.717) is 13.1 Å². The fraction of sp³-hybridized carbons (Fsp3) is 0.600. The molecule has 0 radical (unpaired) electrons. The zero-order valence-corrected chi connectivity index (χ0v) is 13.7. The van der Waals surface area contributed by atoms with Gasteiger partial charge < -0.3 is 14.8 Å². The number of hydrogen-bond donors (Lipinski definition) is 1. The van der Waals surface area contributed by atoms with Crippen LogP contribution >= 0.6 is 0 Å². The molecule has 1 aromatic carbocycles. The average Bonchev–Trinajstić information content (AvgIpc) is 2.43. The number of benzene rings is 1. The van der Waals surface area contributed by atoms with Crippen molar-refractivity contribution < 1.29 is 18.5 Å². The molecule has 0 saturated heterocycles. The molecule has 0 atom stereocenters. The summed E-state index contributed by atoms with van der Waals surface area (Å²) in [5.41, 5.74) is 1.19.